The fourth-order valence-electron chi connectivity index (χ4n) is 3.42. The van der Waals surface area contributed by atoms with Gasteiger partial charge in [0.05, 0.1) is 6.42 Å². The maximum Gasteiger partial charge on any atom is 0.227 e. The molecule has 4 heteroatoms. The highest BCUT2D eigenvalue weighted by molar-refractivity contribution is 7.07. The molecule has 110 valence electrons. The van der Waals surface area contributed by atoms with Gasteiger partial charge in [-0.3, -0.25) is 9.69 Å². The van der Waals surface area contributed by atoms with Gasteiger partial charge in [0, 0.05) is 32.7 Å². The van der Waals surface area contributed by atoms with E-state index in [1.54, 1.807) is 11.3 Å². The van der Waals surface area contributed by atoms with Crippen LogP contribution in [0.4, 0.5) is 0 Å². The minimum absolute atomic E-state index is 0.295. The van der Waals surface area contributed by atoms with Crippen LogP contribution >= 0.6 is 11.3 Å². The van der Waals surface area contributed by atoms with E-state index in [1.165, 1.54) is 32.2 Å². The Kier molecular flexibility index (Phi) is 4.73. The third-order valence-electron chi connectivity index (χ3n) is 4.65. The molecule has 1 amide bonds. The van der Waals surface area contributed by atoms with Crippen LogP contribution in [-0.4, -0.2) is 48.4 Å². The van der Waals surface area contributed by atoms with Gasteiger partial charge < -0.3 is 4.90 Å². The third kappa shape index (κ3) is 3.61. The van der Waals surface area contributed by atoms with E-state index in [0.29, 0.717) is 12.3 Å². The lowest BCUT2D eigenvalue weighted by molar-refractivity contribution is -0.132. The summed E-state index contributed by atoms with van der Waals surface area (Å²) < 4.78 is 0. The predicted molar refractivity (Wildman–Crippen MR) is 83.0 cm³/mol. The van der Waals surface area contributed by atoms with E-state index in [-0.39, 0.29) is 0 Å². The van der Waals surface area contributed by atoms with Gasteiger partial charge in [0.15, 0.2) is 0 Å². The van der Waals surface area contributed by atoms with Crippen molar-refractivity contribution in [3.8, 4) is 0 Å². The lowest BCUT2D eigenvalue weighted by Gasteiger charge is -2.36. The monoisotopic (exact) mass is 292 g/mol. The highest BCUT2D eigenvalue weighted by Crippen LogP contribution is 2.25. The van der Waals surface area contributed by atoms with Crippen molar-refractivity contribution in [1.29, 1.82) is 0 Å². The number of piperazine rings is 1. The molecule has 0 N–H and O–H groups in total. The molecule has 0 bridgehead atoms. The largest absolute Gasteiger partial charge is 0.340 e. The first-order valence-corrected chi connectivity index (χ1v) is 8.77. The maximum absolute atomic E-state index is 12.2. The van der Waals surface area contributed by atoms with Gasteiger partial charge in [0.25, 0.3) is 0 Å². The van der Waals surface area contributed by atoms with Crippen LogP contribution in [0.1, 0.15) is 31.2 Å². The van der Waals surface area contributed by atoms with Crippen LogP contribution < -0.4 is 0 Å². The van der Waals surface area contributed by atoms with Crippen LogP contribution in [0.2, 0.25) is 0 Å². The first-order valence-electron chi connectivity index (χ1n) is 7.82. The minimum Gasteiger partial charge on any atom is -0.340 e. The molecule has 1 saturated heterocycles. The smallest absolute Gasteiger partial charge is 0.227 e. The van der Waals surface area contributed by atoms with Crippen LogP contribution in [0, 0.1) is 5.92 Å². The zero-order chi connectivity index (χ0) is 13.8. The summed E-state index contributed by atoms with van der Waals surface area (Å²) in [5, 5.41) is 4.12. The van der Waals surface area contributed by atoms with Crippen molar-refractivity contribution in [1.82, 2.24) is 9.80 Å². The van der Waals surface area contributed by atoms with Crippen molar-refractivity contribution in [2.75, 3.05) is 32.7 Å². The lowest BCUT2D eigenvalue weighted by atomic mass is 10.1. The number of rotatable bonds is 4. The molecule has 1 aliphatic heterocycles. The van der Waals surface area contributed by atoms with Crippen molar-refractivity contribution in [2.24, 2.45) is 5.92 Å². The van der Waals surface area contributed by atoms with Gasteiger partial charge >= 0.3 is 0 Å². The van der Waals surface area contributed by atoms with Crippen LogP contribution in [-0.2, 0) is 11.2 Å². The molecule has 3 rings (SSSR count). The Labute approximate surface area is 125 Å². The molecule has 1 aromatic heterocycles. The zero-order valence-electron chi connectivity index (χ0n) is 12.1. The molecule has 1 aliphatic carbocycles. The molecular weight excluding hydrogens is 268 g/mol. The summed E-state index contributed by atoms with van der Waals surface area (Å²) in [5.41, 5.74) is 1.16. The van der Waals surface area contributed by atoms with E-state index in [9.17, 15) is 4.79 Å². The summed E-state index contributed by atoms with van der Waals surface area (Å²) in [4.78, 5) is 16.8. The standard InChI is InChI=1S/C16H24N2OS/c19-16(11-15-5-10-20-13-15)18-8-6-17(7-9-18)12-14-3-1-2-4-14/h5,10,13-14H,1-4,6-9,11-12H2. The molecule has 0 spiro atoms. The summed E-state index contributed by atoms with van der Waals surface area (Å²) in [6, 6.07) is 2.05. The number of hydrogen-bond donors (Lipinski definition) is 0. The quantitative estimate of drug-likeness (QED) is 0.852. The van der Waals surface area contributed by atoms with E-state index < -0.39 is 0 Å². The molecule has 3 nitrogen and oxygen atoms in total. The first kappa shape index (κ1) is 14.1. The first-order chi connectivity index (χ1) is 9.81. The summed E-state index contributed by atoms with van der Waals surface area (Å²) in [7, 11) is 0. The minimum atomic E-state index is 0.295. The van der Waals surface area contributed by atoms with Crippen LogP contribution in [0.3, 0.4) is 0 Å². The fourth-order valence-corrected chi connectivity index (χ4v) is 4.09. The molecule has 1 aromatic rings. The van der Waals surface area contributed by atoms with Gasteiger partial charge in [-0.15, -0.1) is 0 Å². The molecule has 0 radical (unpaired) electrons. The van der Waals surface area contributed by atoms with Gasteiger partial charge in [-0.1, -0.05) is 12.8 Å². The SMILES string of the molecule is O=C(Cc1ccsc1)N1CCN(CC2CCCC2)CC1. The number of amides is 1. The lowest BCUT2D eigenvalue weighted by Crippen LogP contribution is -2.50. The van der Waals surface area contributed by atoms with E-state index in [0.717, 1.165) is 37.7 Å². The van der Waals surface area contributed by atoms with Gasteiger partial charge in [-0.2, -0.15) is 11.3 Å². The molecule has 2 aliphatic rings. The maximum atomic E-state index is 12.2. The average molecular weight is 292 g/mol. The molecule has 1 saturated carbocycles. The average Bonchev–Trinajstić information content (AvgIpc) is 3.13. The molecule has 2 fully saturated rings. The topological polar surface area (TPSA) is 23.6 Å². The molecule has 0 atom stereocenters. The highest BCUT2D eigenvalue weighted by Gasteiger charge is 2.24. The summed E-state index contributed by atoms with van der Waals surface area (Å²) in [6.45, 7) is 5.20. The Hall–Kier alpha value is -0.870. The van der Waals surface area contributed by atoms with Crippen molar-refractivity contribution in [3.63, 3.8) is 0 Å². The molecule has 0 unspecified atom stereocenters. The van der Waals surface area contributed by atoms with E-state index in [4.69, 9.17) is 0 Å². The Morgan fingerprint density at radius 2 is 1.95 bits per heavy atom. The second-order valence-corrected chi connectivity index (χ2v) is 6.92. The Bertz CT molecular complexity index is 418. The number of carbonyl (C=O) groups excluding carboxylic acids is 1. The Balaban J connectivity index is 1.42. The number of nitrogens with zero attached hydrogens (tertiary/aromatic N) is 2. The van der Waals surface area contributed by atoms with Crippen LogP contribution in [0.5, 0.6) is 0 Å². The molecule has 2 heterocycles. The van der Waals surface area contributed by atoms with Crippen molar-refractivity contribution in [3.05, 3.63) is 22.4 Å². The Morgan fingerprint density at radius 1 is 1.20 bits per heavy atom. The second-order valence-electron chi connectivity index (χ2n) is 6.14. The van der Waals surface area contributed by atoms with Gasteiger partial charge in [-0.25, -0.2) is 0 Å². The van der Waals surface area contributed by atoms with Gasteiger partial charge in [-0.05, 0) is 41.1 Å². The van der Waals surface area contributed by atoms with Crippen molar-refractivity contribution in [2.45, 2.75) is 32.1 Å². The molecule has 0 aromatic carbocycles. The number of carbonyl (C=O) groups is 1. The molecule has 20 heavy (non-hydrogen) atoms. The second kappa shape index (κ2) is 6.72. The van der Waals surface area contributed by atoms with E-state index in [2.05, 4.69) is 16.3 Å². The zero-order valence-corrected chi connectivity index (χ0v) is 12.9. The Morgan fingerprint density at radius 3 is 2.60 bits per heavy atom. The van der Waals surface area contributed by atoms with Crippen molar-refractivity contribution >= 4 is 17.2 Å². The van der Waals surface area contributed by atoms with E-state index in [1.807, 2.05) is 10.3 Å². The van der Waals surface area contributed by atoms with Crippen LogP contribution in [0.15, 0.2) is 16.8 Å². The van der Waals surface area contributed by atoms with Gasteiger partial charge in [0.2, 0.25) is 5.91 Å². The molecular formula is C16H24N2OS. The highest BCUT2D eigenvalue weighted by atomic mass is 32.1. The van der Waals surface area contributed by atoms with Gasteiger partial charge in [0.1, 0.15) is 0 Å². The normalized spacial score (nSPS) is 21.5. The summed E-state index contributed by atoms with van der Waals surface area (Å²) >= 11 is 1.67. The predicted octanol–water partition coefficient (Wildman–Crippen LogP) is 2.63. The van der Waals surface area contributed by atoms with E-state index >= 15 is 0 Å². The fraction of sp³-hybridized carbons (Fsp3) is 0.688. The third-order valence-corrected chi connectivity index (χ3v) is 5.38. The number of thiophene rings is 1. The number of hydrogen-bond acceptors (Lipinski definition) is 3. The van der Waals surface area contributed by atoms with Crippen LogP contribution in [0.25, 0.3) is 0 Å². The van der Waals surface area contributed by atoms with Crippen molar-refractivity contribution < 1.29 is 4.79 Å². The summed E-state index contributed by atoms with van der Waals surface area (Å²) in [6.07, 6.45) is 6.24. The summed E-state index contributed by atoms with van der Waals surface area (Å²) in [5.74, 6) is 1.21.